The van der Waals surface area contributed by atoms with Gasteiger partial charge in [0.05, 0.1) is 12.0 Å². The molecule has 0 radical (unpaired) electrons. The number of aromatic nitrogens is 4. The van der Waals surface area contributed by atoms with Crippen LogP contribution in [0.1, 0.15) is 28.7 Å². The van der Waals surface area contributed by atoms with Crippen molar-refractivity contribution in [3.05, 3.63) is 81.4 Å². The van der Waals surface area contributed by atoms with Crippen molar-refractivity contribution < 1.29 is 4.79 Å². The highest BCUT2D eigenvalue weighted by Crippen LogP contribution is 2.27. The number of halogens is 1. The number of benzene rings is 1. The van der Waals surface area contributed by atoms with Gasteiger partial charge in [0.2, 0.25) is 0 Å². The molecule has 5 rings (SSSR count). The summed E-state index contributed by atoms with van der Waals surface area (Å²) in [7, 11) is 1.98. The molecule has 4 heterocycles. The third kappa shape index (κ3) is 3.16. The van der Waals surface area contributed by atoms with E-state index in [4.69, 9.17) is 11.6 Å². The zero-order chi connectivity index (χ0) is 21.9. The molecule has 3 aromatic heterocycles. The van der Waals surface area contributed by atoms with Crippen LogP contribution in [0.3, 0.4) is 0 Å². The molecule has 31 heavy (non-hydrogen) atoms. The fraction of sp³-hybridized carbons (Fsp3) is 0.261. The van der Waals surface area contributed by atoms with Gasteiger partial charge in [0.15, 0.2) is 0 Å². The highest BCUT2D eigenvalue weighted by atomic mass is 35.5. The van der Waals surface area contributed by atoms with Gasteiger partial charge in [0.25, 0.3) is 11.5 Å². The first-order valence-corrected chi connectivity index (χ1v) is 10.5. The van der Waals surface area contributed by atoms with E-state index in [0.29, 0.717) is 29.5 Å². The van der Waals surface area contributed by atoms with Gasteiger partial charge in [0.1, 0.15) is 11.4 Å². The number of hydrogen-bond acceptors (Lipinski definition) is 3. The average molecular weight is 436 g/mol. The fourth-order valence-electron chi connectivity index (χ4n) is 4.38. The van der Waals surface area contributed by atoms with Crippen molar-refractivity contribution in [3.63, 3.8) is 0 Å². The van der Waals surface area contributed by atoms with Crippen molar-refractivity contribution in [1.82, 2.24) is 23.6 Å². The van der Waals surface area contributed by atoms with Crippen LogP contribution in [0.25, 0.3) is 16.6 Å². The zero-order valence-electron chi connectivity index (χ0n) is 17.5. The highest BCUT2D eigenvalue weighted by molar-refractivity contribution is 6.31. The molecule has 4 aromatic rings. The van der Waals surface area contributed by atoms with Gasteiger partial charge in [-0.15, -0.1) is 0 Å². The maximum atomic E-state index is 13.4. The van der Waals surface area contributed by atoms with Gasteiger partial charge in [-0.1, -0.05) is 11.6 Å². The molecule has 0 bridgehead atoms. The molecule has 1 amide bonds. The second-order valence-electron chi connectivity index (χ2n) is 8.15. The quantitative estimate of drug-likeness (QED) is 0.494. The summed E-state index contributed by atoms with van der Waals surface area (Å²) >= 11 is 6.22. The first-order valence-electron chi connectivity index (χ1n) is 10.1. The Hall–Kier alpha value is -3.32. The minimum absolute atomic E-state index is 0.132. The van der Waals surface area contributed by atoms with Crippen LogP contribution in [0.2, 0.25) is 5.02 Å². The highest BCUT2D eigenvalue weighted by Gasteiger charge is 2.31. The molecule has 1 aromatic carbocycles. The molecule has 0 saturated carbocycles. The van der Waals surface area contributed by atoms with Gasteiger partial charge in [-0.3, -0.25) is 9.59 Å². The molecule has 1 atom stereocenters. The number of imidazole rings is 1. The van der Waals surface area contributed by atoms with Crippen LogP contribution in [-0.4, -0.2) is 35.5 Å². The van der Waals surface area contributed by atoms with Crippen LogP contribution in [0.5, 0.6) is 0 Å². The Balaban J connectivity index is 1.52. The Morgan fingerprint density at radius 2 is 1.97 bits per heavy atom. The van der Waals surface area contributed by atoms with Gasteiger partial charge in [-0.25, -0.2) is 4.98 Å². The largest absolute Gasteiger partial charge is 0.350 e. The van der Waals surface area contributed by atoms with Crippen molar-refractivity contribution in [2.45, 2.75) is 33.0 Å². The van der Waals surface area contributed by atoms with E-state index in [9.17, 15) is 9.59 Å². The smallest absolute Gasteiger partial charge is 0.275 e. The first kappa shape index (κ1) is 19.6. The zero-order valence-corrected chi connectivity index (χ0v) is 18.3. The number of carbonyl (C=O) groups excluding carboxylic acids is 1. The van der Waals surface area contributed by atoms with Gasteiger partial charge < -0.3 is 18.6 Å². The third-order valence-corrected chi connectivity index (χ3v) is 6.21. The molecule has 0 spiro atoms. The molecule has 7 nitrogen and oxygen atoms in total. The second kappa shape index (κ2) is 7.13. The van der Waals surface area contributed by atoms with Crippen LogP contribution in [0.4, 0.5) is 0 Å². The SMILES string of the molecule is Cc1cn(-c2ccc3n(c2=O)C[C@@H](C)N(Cc2cn(C)c4ccc(Cl)cc24)C3=O)cn1. The van der Waals surface area contributed by atoms with E-state index in [0.717, 1.165) is 22.2 Å². The molecule has 0 aliphatic carbocycles. The summed E-state index contributed by atoms with van der Waals surface area (Å²) in [6, 6.07) is 9.07. The van der Waals surface area contributed by atoms with E-state index < -0.39 is 0 Å². The first-order chi connectivity index (χ1) is 14.8. The van der Waals surface area contributed by atoms with Gasteiger partial charge in [-0.05, 0) is 49.7 Å². The third-order valence-electron chi connectivity index (χ3n) is 5.98. The van der Waals surface area contributed by atoms with Crippen LogP contribution < -0.4 is 5.56 Å². The molecule has 1 aliphatic heterocycles. The Labute approximate surface area is 184 Å². The number of aryl methyl sites for hydroxylation is 2. The normalized spacial score (nSPS) is 16.2. The van der Waals surface area contributed by atoms with E-state index in [1.807, 2.05) is 54.8 Å². The maximum Gasteiger partial charge on any atom is 0.275 e. The lowest BCUT2D eigenvalue weighted by Gasteiger charge is -2.35. The minimum Gasteiger partial charge on any atom is -0.350 e. The lowest BCUT2D eigenvalue weighted by molar-refractivity contribution is 0.0591. The van der Waals surface area contributed by atoms with Crippen LogP contribution in [-0.2, 0) is 20.1 Å². The minimum atomic E-state index is -0.188. The number of rotatable bonds is 3. The monoisotopic (exact) mass is 435 g/mol. The van der Waals surface area contributed by atoms with Crippen molar-refractivity contribution in [1.29, 1.82) is 0 Å². The Morgan fingerprint density at radius 1 is 1.16 bits per heavy atom. The number of hydrogen-bond donors (Lipinski definition) is 0. The Bertz CT molecular complexity index is 1400. The van der Waals surface area contributed by atoms with Crippen molar-refractivity contribution in [2.75, 3.05) is 0 Å². The van der Waals surface area contributed by atoms with Crippen molar-refractivity contribution >= 4 is 28.4 Å². The summed E-state index contributed by atoms with van der Waals surface area (Å²) in [5, 5.41) is 1.70. The summed E-state index contributed by atoms with van der Waals surface area (Å²) in [5.74, 6) is -0.150. The van der Waals surface area contributed by atoms with E-state index in [2.05, 4.69) is 4.98 Å². The van der Waals surface area contributed by atoms with E-state index in [1.54, 1.807) is 33.8 Å². The van der Waals surface area contributed by atoms with Gasteiger partial charge in [-0.2, -0.15) is 0 Å². The lowest BCUT2D eigenvalue weighted by Crippen LogP contribution is -2.49. The molecule has 1 aliphatic rings. The fourth-order valence-corrected chi connectivity index (χ4v) is 4.55. The summed E-state index contributed by atoms with van der Waals surface area (Å²) < 4.78 is 5.32. The van der Waals surface area contributed by atoms with E-state index >= 15 is 0 Å². The predicted octanol–water partition coefficient (Wildman–Crippen LogP) is 3.53. The molecular formula is C23H22ClN5O2. The maximum absolute atomic E-state index is 13.4. The van der Waals surface area contributed by atoms with Crippen LogP contribution in [0, 0.1) is 6.92 Å². The van der Waals surface area contributed by atoms with Gasteiger partial charge >= 0.3 is 0 Å². The van der Waals surface area contributed by atoms with Crippen LogP contribution >= 0.6 is 11.6 Å². The lowest BCUT2D eigenvalue weighted by atomic mass is 10.1. The topological polar surface area (TPSA) is 65.1 Å². The Morgan fingerprint density at radius 3 is 2.71 bits per heavy atom. The summed E-state index contributed by atoms with van der Waals surface area (Å²) in [6.07, 6.45) is 5.45. The standard InChI is InChI=1S/C23H22ClN5O2/c1-14-9-27(13-25-14)20-6-7-21-23(31)28(15(2)10-29(21)22(20)30)12-16-11-26(3)19-5-4-17(24)8-18(16)19/h4-9,11,13,15H,10,12H2,1-3H3/t15-/m1/s1. The summed E-state index contributed by atoms with van der Waals surface area (Å²) in [6.45, 7) is 4.73. The number of nitrogens with zero attached hydrogens (tertiary/aromatic N) is 5. The van der Waals surface area contributed by atoms with Gasteiger partial charge in [0, 0.05) is 54.5 Å². The van der Waals surface area contributed by atoms with Crippen molar-refractivity contribution in [2.24, 2.45) is 7.05 Å². The summed E-state index contributed by atoms with van der Waals surface area (Å²) in [5.41, 5.74) is 3.62. The molecule has 0 fully saturated rings. The molecule has 0 unspecified atom stereocenters. The van der Waals surface area contributed by atoms with E-state index in [1.165, 1.54) is 0 Å². The molecular weight excluding hydrogens is 414 g/mol. The number of pyridine rings is 1. The van der Waals surface area contributed by atoms with Crippen LogP contribution in [0.15, 0.2) is 53.8 Å². The number of carbonyl (C=O) groups is 1. The molecule has 0 saturated heterocycles. The predicted molar refractivity (Wildman–Crippen MR) is 120 cm³/mol. The summed E-state index contributed by atoms with van der Waals surface area (Å²) in [4.78, 5) is 32.5. The van der Waals surface area contributed by atoms with Crippen molar-refractivity contribution in [3.8, 4) is 5.69 Å². The Kier molecular flexibility index (Phi) is 4.51. The molecule has 158 valence electrons. The molecule has 0 N–H and O–H groups in total. The average Bonchev–Trinajstić information content (AvgIpc) is 3.29. The number of fused-ring (bicyclic) bond motifs is 2. The second-order valence-corrected chi connectivity index (χ2v) is 8.59. The number of amides is 1. The molecule has 8 heteroatoms. The van der Waals surface area contributed by atoms with E-state index in [-0.39, 0.29) is 17.5 Å².